The van der Waals surface area contributed by atoms with E-state index in [2.05, 4.69) is 20.5 Å². The van der Waals surface area contributed by atoms with E-state index < -0.39 is 0 Å². The van der Waals surface area contributed by atoms with Crippen LogP contribution in [-0.2, 0) is 4.79 Å². The number of ether oxygens (including phenoxy) is 1. The fourth-order valence-corrected chi connectivity index (χ4v) is 3.34. The summed E-state index contributed by atoms with van der Waals surface area (Å²) < 4.78 is 7.24. The summed E-state index contributed by atoms with van der Waals surface area (Å²) in [5.41, 5.74) is 1.25. The van der Waals surface area contributed by atoms with Gasteiger partial charge in [-0.25, -0.2) is 0 Å². The van der Waals surface area contributed by atoms with Crippen LogP contribution in [0.25, 0.3) is 17.2 Å². The van der Waals surface area contributed by atoms with E-state index in [4.69, 9.17) is 4.74 Å². The second-order valence-corrected chi connectivity index (χ2v) is 8.09. The predicted octanol–water partition coefficient (Wildman–Crippen LogP) is 3.34. The molecular formula is C20H23N5O2S. The molecule has 7 nitrogen and oxygen atoms in total. The predicted molar refractivity (Wildman–Crippen MR) is 110 cm³/mol. The quantitative estimate of drug-likeness (QED) is 0.643. The van der Waals surface area contributed by atoms with Crippen LogP contribution in [0.1, 0.15) is 20.8 Å². The minimum atomic E-state index is -0.281. The normalized spacial score (nSPS) is 11.3. The van der Waals surface area contributed by atoms with Crippen molar-refractivity contribution in [2.75, 3.05) is 12.9 Å². The lowest BCUT2D eigenvalue weighted by molar-refractivity contribution is -0.119. The molecule has 2 aromatic heterocycles. The van der Waals surface area contributed by atoms with Crippen molar-refractivity contribution >= 4 is 17.7 Å². The highest BCUT2D eigenvalue weighted by Gasteiger charge is 2.20. The van der Waals surface area contributed by atoms with E-state index in [1.54, 1.807) is 13.3 Å². The van der Waals surface area contributed by atoms with Crippen molar-refractivity contribution in [2.24, 2.45) is 0 Å². The Balaban J connectivity index is 1.96. The van der Waals surface area contributed by atoms with Gasteiger partial charge in [0.05, 0.1) is 18.6 Å². The molecule has 0 aliphatic rings. The Kier molecular flexibility index (Phi) is 5.99. The maximum atomic E-state index is 12.2. The molecular weight excluding hydrogens is 374 g/mol. The van der Waals surface area contributed by atoms with Gasteiger partial charge in [-0.15, -0.1) is 10.2 Å². The molecule has 3 aromatic rings. The zero-order valence-electron chi connectivity index (χ0n) is 16.3. The first kappa shape index (κ1) is 19.9. The van der Waals surface area contributed by atoms with Crippen molar-refractivity contribution in [1.29, 1.82) is 0 Å². The van der Waals surface area contributed by atoms with E-state index in [1.807, 2.05) is 67.8 Å². The van der Waals surface area contributed by atoms with Gasteiger partial charge in [0.15, 0.2) is 11.0 Å². The first-order valence-electron chi connectivity index (χ1n) is 8.82. The van der Waals surface area contributed by atoms with Gasteiger partial charge in [-0.2, -0.15) is 0 Å². The van der Waals surface area contributed by atoms with Crippen LogP contribution in [-0.4, -0.2) is 44.1 Å². The molecule has 0 atom stereocenters. The molecule has 0 bridgehead atoms. The molecule has 0 radical (unpaired) electrons. The van der Waals surface area contributed by atoms with Gasteiger partial charge in [0.25, 0.3) is 0 Å². The average Bonchev–Trinajstić information content (AvgIpc) is 3.10. The molecule has 0 fully saturated rings. The highest BCUT2D eigenvalue weighted by molar-refractivity contribution is 7.99. The van der Waals surface area contributed by atoms with Crippen LogP contribution in [0, 0.1) is 0 Å². The zero-order chi connectivity index (χ0) is 20.1. The summed E-state index contributed by atoms with van der Waals surface area (Å²) in [5.74, 6) is 1.51. The van der Waals surface area contributed by atoms with Crippen LogP contribution in [0.15, 0.2) is 53.8 Å². The molecule has 0 aliphatic carbocycles. The van der Waals surface area contributed by atoms with Crippen molar-refractivity contribution in [3.63, 3.8) is 0 Å². The van der Waals surface area contributed by atoms with Gasteiger partial charge in [-0.05, 0) is 45.0 Å². The van der Waals surface area contributed by atoms with Crippen LogP contribution in [0.4, 0.5) is 0 Å². The zero-order valence-corrected chi connectivity index (χ0v) is 17.2. The lowest BCUT2D eigenvalue weighted by atomic mass is 10.1. The molecule has 0 saturated carbocycles. The fourth-order valence-electron chi connectivity index (χ4n) is 2.59. The Bertz CT molecular complexity index is 951. The fraction of sp³-hybridized carbons (Fsp3) is 0.300. The number of carbonyl (C=O) groups is 1. The monoisotopic (exact) mass is 397 g/mol. The van der Waals surface area contributed by atoms with E-state index in [-0.39, 0.29) is 17.2 Å². The molecule has 3 rings (SSSR count). The maximum Gasteiger partial charge on any atom is 0.230 e. The van der Waals surface area contributed by atoms with Crippen LogP contribution in [0.2, 0.25) is 0 Å². The van der Waals surface area contributed by atoms with E-state index in [0.29, 0.717) is 16.7 Å². The summed E-state index contributed by atoms with van der Waals surface area (Å²) in [6, 6.07) is 13.2. The Morgan fingerprint density at radius 3 is 2.68 bits per heavy atom. The first-order chi connectivity index (χ1) is 13.4. The number of thioether (sulfide) groups is 1. The summed E-state index contributed by atoms with van der Waals surface area (Å²) in [5, 5.41) is 12.2. The molecule has 1 aromatic carbocycles. The molecule has 0 spiro atoms. The van der Waals surface area contributed by atoms with Crippen LogP contribution >= 0.6 is 11.8 Å². The van der Waals surface area contributed by atoms with Gasteiger partial charge in [-0.1, -0.05) is 23.9 Å². The van der Waals surface area contributed by atoms with E-state index in [9.17, 15) is 4.79 Å². The number of rotatable bonds is 6. The van der Waals surface area contributed by atoms with Crippen molar-refractivity contribution in [3.05, 3.63) is 48.7 Å². The number of hydrogen-bond donors (Lipinski definition) is 1. The number of carbonyl (C=O) groups excluding carboxylic acids is 1. The minimum Gasteiger partial charge on any atom is -0.497 e. The third-order valence-electron chi connectivity index (χ3n) is 3.69. The second kappa shape index (κ2) is 8.43. The van der Waals surface area contributed by atoms with Crippen molar-refractivity contribution < 1.29 is 9.53 Å². The van der Waals surface area contributed by atoms with Gasteiger partial charge >= 0.3 is 0 Å². The largest absolute Gasteiger partial charge is 0.497 e. The minimum absolute atomic E-state index is 0.0583. The summed E-state index contributed by atoms with van der Waals surface area (Å²) in [7, 11) is 1.62. The van der Waals surface area contributed by atoms with Gasteiger partial charge in [-0.3, -0.25) is 14.3 Å². The molecule has 146 valence electrons. The van der Waals surface area contributed by atoms with Crippen LogP contribution < -0.4 is 10.1 Å². The van der Waals surface area contributed by atoms with Gasteiger partial charge in [0, 0.05) is 17.8 Å². The number of methoxy groups -OCH3 is 1. The van der Waals surface area contributed by atoms with Gasteiger partial charge in [0.2, 0.25) is 5.91 Å². The van der Waals surface area contributed by atoms with E-state index in [1.165, 1.54) is 11.8 Å². The number of aromatic nitrogens is 4. The van der Waals surface area contributed by atoms with Crippen molar-refractivity contribution in [2.45, 2.75) is 31.5 Å². The van der Waals surface area contributed by atoms with Crippen molar-refractivity contribution in [3.8, 4) is 23.0 Å². The summed E-state index contributed by atoms with van der Waals surface area (Å²) >= 11 is 1.33. The Labute approximate surface area is 168 Å². The Morgan fingerprint density at radius 2 is 2.00 bits per heavy atom. The van der Waals surface area contributed by atoms with Crippen LogP contribution in [0.3, 0.4) is 0 Å². The molecule has 8 heteroatoms. The highest BCUT2D eigenvalue weighted by atomic mass is 32.2. The molecule has 2 heterocycles. The first-order valence-corrected chi connectivity index (χ1v) is 9.81. The van der Waals surface area contributed by atoms with Crippen LogP contribution in [0.5, 0.6) is 5.75 Å². The number of benzene rings is 1. The van der Waals surface area contributed by atoms with Crippen molar-refractivity contribution in [1.82, 2.24) is 25.1 Å². The number of hydrogen-bond acceptors (Lipinski definition) is 6. The second-order valence-electron chi connectivity index (χ2n) is 7.14. The third-order valence-corrected chi connectivity index (χ3v) is 4.61. The van der Waals surface area contributed by atoms with E-state index >= 15 is 0 Å². The molecule has 0 unspecified atom stereocenters. The molecule has 1 N–H and O–H groups in total. The topological polar surface area (TPSA) is 81.9 Å². The van der Waals surface area contributed by atoms with E-state index in [0.717, 1.165) is 11.4 Å². The Hall–Kier alpha value is -2.87. The molecule has 1 amide bonds. The third kappa shape index (κ3) is 4.89. The number of amides is 1. The Morgan fingerprint density at radius 1 is 1.18 bits per heavy atom. The lowest BCUT2D eigenvalue weighted by Crippen LogP contribution is -2.41. The van der Waals surface area contributed by atoms with Gasteiger partial charge in [0.1, 0.15) is 11.4 Å². The summed E-state index contributed by atoms with van der Waals surface area (Å²) in [6.07, 6.45) is 1.71. The molecule has 0 saturated heterocycles. The highest BCUT2D eigenvalue weighted by Crippen LogP contribution is 2.28. The number of pyridine rings is 1. The number of nitrogens with zero attached hydrogens (tertiary/aromatic N) is 4. The summed E-state index contributed by atoms with van der Waals surface area (Å²) in [4.78, 5) is 16.6. The molecule has 0 aliphatic heterocycles. The summed E-state index contributed by atoms with van der Waals surface area (Å²) in [6.45, 7) is 5.86. The average molecular weight is 398 g/mol. The lowest BCUT2D eigenvalue weighted by Gasteiger charge is -2.20. The molecule has 28 heavy (non-hydrogen) atoms. The SMILES string of the molecule is COc1cccc(-n2c(SCC(=O)NC(C)(C)C)nnc2-c2ccccn2)c1. The maximum absolute atomic E-state index is 12.2. The number of nitrogens with one attached hydrogen (secondary N) is 1. The van der Waals surface area contributed by atoms with Gasteiger partial charge < -0.3 is 10.1 Å². The standard InChI is InChI=1S/C20H23N5O2S/c1-20(2,3)22-17(26)13-28-19-24-23-18(16-10-5-6-11-21-16)25(19)14-8-7-9-15(12-14)27-4/h5-12H,13H2,1-4H3,(H,22,26). The smallest absolute Gasteiger partial charge is 0.230 e.